The first kappa shape index (κ1) is 25.7. The van der Waals surface area contributed by atoms with Crippen LogP contribution >= 0.6 is 0 Å². The fourth-order valence-corrected chi connectivity index (χ4v) is 3.51. The van der Waals surface area contributed by atoms with Gasteiger partial charge in [-0.15, -0.1) is 0 Å². The Kier molecular flexibility index (Phi) is 11.6. The summed E-state index contributed by atoms with van der Waals surface area (Å²) in [6.07, 6.45) is 6.55. The number of hydrogen-bond donors (Lipinski definition) is 1. The molecule has 1 atom stereocenters. The largest absolute Gasteiger partial charge is 0.396 e. The Bertz CT molecular complexity index is 824. The van der Waals surface area contributed by atoms with Crippen LogP contribution in [0.4, 0.5) is 0 Å². The van der Waals surface area contributed by atoms with E-state index in [0.717, 1.165) is 50.2 Å². The highest BCUT2D eigenvalue weighted by molar-refractivity contribution is 5.79. The molecule has 1 N–H and O–H groups in total. The number of amides is 1. The Morgan fingerprint density at radius 3 is 2.66 bits per heavy atom. The molecule has 0 saturated carbocycles. The van der Waals surface area contributed by atoms with Gasteiger partial charge in [0.15, 0.2) is 0 Å². The molecule has 0 aliphatic heterocycles. The molecule has 1 heterocycles. The number of aliphatic hydroxyl groups excluding tert-OH is 1. The second kappa shape index (κ2) is 14.5. The van der Waals surface area contributed by atoms with Crippen LogP contribution in [-0.2, 0) is 17.6 Å². The van der Waals surface area contributed by atoms with Crippen molar-refractivity contribution in [1.29, 1.82) is 0 Å². The Morgan fingerprint density at radius 1 is 1.19 bits per heavy atom. The predicted molar refractivity (Wildman–Crippen MR) is 131 cm³/mol. The van der Waals surface area contributed by atoms with E-state index in [4.69, 9.17) is 0 Å². The molecule has 0 fully saturated rings. The number of likely N-dealkylation sites (N-methyl/N-ethyl adjacent to an activating group) is 2. The Balaban J connectivity index is 1.80. The molecule has 0 spiro atoms. The normalized spacial score (nSPS) is 12.4. The van der Waals surface area contributed by atoms with E-state index in [0.29, 0.717) is 13.0 Å². The lowest BCUT2D eigenvalue weighted by Crippen LogP contribution is -2.36. The number of rotatable bonds is 14. The molecule has 32 heavy (non-hydrogen) atoms. The van der Waals surface area contributed by atoms with E-state index in [1.807, 2.05) is 62.5 Å². The number of hydrogen-bond acceptors (Lipinski definition) is 5. The Labute approximate surface area is 193 Å². The summed E-state index contributed by atoms with van der Waals surface area (Å²) >= 11 is 0. The summed E-state index contributed by atoms with van der Waals surface area (Å²) < 4.78 is 0. The van der Waals surface area contributed by atoms with Gasteiger partial charge >= 0.3 is 0 Å². The molecule has 2 rings (SSSR count). The number of pyridine rings is 1. The van der Waals surface area contributed by atoms with Crippen LogP contribution in [0.25, 0.3) is 0 Å². The van der Waals surface area contributed by atoms with Crippen LogP contribution in [0, 0.1) is 5.92 Å². The van der Waals surface area contributed by atoms with Gasteiger partial charge in [0.05, 0.1) is 0 Å². The smallest absolute Gasteiger partial charge is 0.222 e. The van der Waals surface area contributed by atoms with Crippen molar-refractivity contribution >= 4 is 12.1 Å². The SMILES string of the molecule is CCN(CCN(C)C)C(=O)CCCc1cc(C=NCC(CO)Cc2ccccc2)ccn1. The van der Waals surface area contributed by atoms with Crippen molar-refractivity contribution in [2.75, 3.05) is 46.9 Å². The molecule has 0 bridgehead atoms. The minimum atomic E-state index is 0.106. The number of benzene rings is 1. The van der Waals surface area contributed by atoms with Crippen LogP contribution in [0.3, 0.4) is 0 Å². The molecule has 6 heteroatoms. The average molecular weight is 439 g/mol. The van der Waals surface area contributed by atoms with Crippen LogP contribution in [0.2, 0.25) is 0 Å². The van der Waals surface area contributed by atoms with Crippen molar-refractivity contribution in [2.24, 2.45) is 10.9 Å². The van der Waals surface area contributed by atoms with Crippen molar-refractivity contribution in [3.05, 3.63) is 65.5 Å². The van der Waals surface area contributed by atoms with Crippen molar-refractivity contribution in [2.45, 2.75) is 32.6 Å². The predicted octanol–water partition coefficient (Wildman–Crippen LogP) is 3.08. The summed E-state index contributed by atoms with van der Waals surface area (Å²) in [5, 5.41) is 9.67. The minimum Gasteiger partial charge on any atom is -0.396 e. The minimum absolute atomic E-state index is 0.106. The maximum atomic E-state index is 12.5. The topological polar surface area (TPSA) is 69.0 Å². The van der Waals surface area contributed by atoms with Gasteiger partial charge in [-0.2, -0.15) is 0 Å². The summed E-state index contributed by atoms with van der Waals surface area (Å²) in [5.41, 5.74) is 3.19. The van der Waals surface area contributed by atoms with Gasteiger partial charge in [-0.25, -0.2) is 0 Å². The first-order chi connectivity index (χ1) is 15.5. The maximum Gasteiger partial charge on any atom is 0.222 e. The molecular formula is C26H38N4O2. The van der Waals surface area contributed by atoms with Gasteiger partial charge in [-0.3, -0.25) is 14.8 Å². The van der Waals surface area contributed by atoms with Crippen LogP contribution in [0.15, 0.2) is 53.7 Å². The lowest BCUT2D eigenvalue weighted by molar-refractivity contribution is -0.131. The van der Waals surface area contributed by atoms with E-state index in [1.165, 1.54) is 5.56 Å². The van der Waals surface area contributed by atoms with Crippen LogP contribution < -0.4 is 0 Å². The van der Waals surface area contributed by atoms with Gasteiger partial charge in [0.25, 0.3) is 0 Å². The fraction of sp³-hybridized carbons (Fsp3) is 0.500. The van der Waals surface area contributed by atoms with Crippen LogP contribution in [-0.4, -0.2) is 78.9 Å². The van der Waals surface area contributed by atoms with E-state index in [1.54, 1.807) is 6.20 Å². The van der Waals surface area contributed by atoms with E-state index < -0.39 is 0 Å². The molecule has 1 aromatic heterocycles. The Morgan fingerprint density at radius 2 is 1.97 bits per heavy atom. The molecule has 2 aromatic rings. The van der Waals surface area contributed by atoms with Gasteiger partial charge in [-0.1, -0.05) is 30.3 Å². The van der Waals surface area contributed by atoms with Gasteiger partial charge in [-0.05, 0) is 63.5 Å². The molecule has 0 aliphatic carbocycles. The molecule has 1 unspecified atom stereocenters. The average Bonchev–Trinajstić information content (AvgIpc) is 2.79. The standard InChI is InChI=1S/C26H38N4O2/c1-4-30(16-15-29(2)3)26(32)12-8-11-25-18-23(13-14-28-25)19-27-20-24(21-31)17-22-9-6-5-7-10-22/h5-7,9-10,13-14,18-19,24,31H,4,8,11-12,15-17,20-21H2,1-3H3. The zero-order chi connectivity index (χ0) is 23.2. The number of aromatic nitrogens is 1. The van der Waals surface area contributed by atoms with Gasteiger partial charge in [0, 0.05) is 63.2 Å². The lowest BCUT2D eigenvalue weighted by atomic mass is 10.0. The number of carbonyl (C=O) groups is 1. The van der Waals surface area contributed by atoms with Crippen molar-refractivity contribution < 1.29 is 9.90 Å². The van der Waals surface area contributed by atoms with Crippen molar-refractivity contribution in [3.8, 4) is 0 Å². The monoisotopic (exact) mass is 438 g/mol. The van der Waals surface area contributed by atoms with Gasteiger partial charge in [0.1, 0.15) is 0 Å². The first-order valence-corrected chi connectivity index (χ1v) is 11.5. The second-order valence-electron chi connectivity index (χ2n) is 8.44. The van der Waals surface area contributed by atoms with Crippen molar-refractivity contribution in [3.63, 3.8) is 0 Å². The molecule has 0 radical (unpaired) electrons. The lowest BCUT2D eigenvalue weighted by Gasteiger charge is -2.22. The first-order valence-electron chi connectivity index (χ1n) is 11.5. The third kappa shape index (κ3) is 9.71. The third-order valence-electron chi connectivity index (χ3n) is 5.45. The summed E-state index contributed by atoms with van der Waals surface area (Å²) in [6, 6.07) is 14.2. The highest BCUT2D eigenvalue weighted by atomic mass is 16.3. The van der Waals surface area contributed by atoms with E-state index in [-0.39, 0.29) is 18.4 Å². The third-order valence-corrected chi connectivity index (χ3v) is 5.45. The number of aryl methyl sites for hydroxylation is 1. The van der Waals surface area contributed by atoms with E-state index in [2.05, 4.69) is 27.0 Å². The van der Waals surface area contributed by atoms with E-state index in [9.17, 15) is 9.90 Å². The summed E-state index contributed by atoms with van der Waals surface area (Å²) in [5.74, 6) is 0.315. The summed E-state index contributed by atoms with van der Waals surface area (Å²) in [4.78, 5) is 25.5. The second-order valence-corrected chi connectivity index (χ2v) is 8.44. The number of aliphatic imine (C=N–C) groups is 1. The summed E-state index contributed by atoms with van der Waals surface area (Å²) in [6.45, 7) is 5.12. The number of nitrogens with zero attached hydrogens (tertiary/aromatic N) is 4. The van der Waals surface area contributed by atoms with E-state index >= 15 is 0 Å². The molecular weight excluding hydrogens is 400 g/mol. The number of carbonyl (C=O) groups excluding carboxylic acids is 1. The fourth-order valence-electron chi connectivity index (χ4n) is 3.51. The number of aliphatic hydroxyl groups is 1. The molecule has 6 nitrogen and oxygen atoms in total. The van der Waals surface area contributed by atoms with Crippen LogP contribution in [0.1, 0.15) is 36.6 Å². The zero-order valence-electron chi connectivity index (χ0n) is 19.8. The molecule has 174 valence electrons. The molecule has 0 aliphatic rings. The highest BCUT2D eigenvalue weighted by Crippen LogP contribution is 2.10. The highest BCUT2D eigenvalue weighted by Gasteiger charge is 2.11. The maximum absolute atomic E-state index is 12.5. The molecule has 1 amide bonds. The van der Waals surface area contributed by atoms with Gasteiger partial charge < -0.3 is 14.9 Å². The molecule has 0 saturated heterocycles. The van der Waals surface area contributed by atoms with Crippen LogP contribution in [0.5, 0.6) is 0 Å². The Hall–Kier alpha value is -2.57. The summed E-state index contributed by atoms with van der Waals surface area (Å²) in [7, 11) is 4.04. The molecule has 1 aromatic carbocycles. The van der Waals surface area contributed by atoms with Crippen molar-refractivity contribution in [1.82, 2.24) is 14.8 Å². The quantitative estimate of drug-likeness (QED) is 0.460. The van der Waals surface area contributed by atoms with Gasteiger partial charge in [0.2, 0.25) is 5.91 Å². The zero-order valence-corrected chi connectivity index (χ0v) is 19.8.